The first-order chi connectivity index (χ1) is 8.76. The van der Waals surface area contributed by atoms with Crippen LogP contribution in [-0.2, 0) is 26.5 Å². The van der Waals surface area contributed by atoms with Crippen LogP contribution < -0.4 is 4.74 Å². The molecule has 0 aliphatic carbocycles. The number of hydrogen-bond donors (Lipinski definition) is 0. The molecule has 1 aromatic heterocycles. The van der Waals surface area contributed by atoms with Gasteiger partial charge < -0.3 is 4.74 Å². The quantitative estimate of drug-likeness (QED) is 0.812. The summed E-state index contributed by atoms with van der Waals surface area (Å²) in [6.45, 7) is 4.80. The Hall–Kier alpha value is -1.84. The molecule has 0 radical (unpaired) electrons. The number of ether oxygens (including phenoxy) is 1. The van der Waals surface area contributed by atoms with E-state index in [2.05, 4.69) is 42.4 Å². The van der Waals surface area contributed by atoms with E-state index in [9.17, 15) is 0 Å². The van der Waals surface area contributed by atoms with Crippen LogP contribution in [0.4, 0.5) is 0 Å². The standard InChI is InChI=1S/C14H19N3O/c1-4-11-7-6-8-12(5-2)14(11)18-10-13-9-15-16-17(13)3/h6-9H,4-5,10H2,1-3H3. The lowest BCUT2D eigenvalue weighted by Gasteiger charge is -2.14. The van der Waals surface area contributed by atoms with Gasteiger partial charge in [-0.15, -0.1) is 5.10 Å². The average molecular weight is 245 g/mol. The third-order valence-corrected chi connectivity index (χ3v) is 3.11. The lowest BCUT2D eigenvalue weighted by Crippen LogP contribution is -2.05. The van der Waals surface area contributed by atoms with Gasteiger partial charge in [0.1, 0.15) is 12.4 Å². The number of benzene rings is 1. The Labute approximate surface area is 108 Å². The Morgan fingerprint density at radius 1 is 1.17 bits per heavy atom. The van der Waals surface area contributed by atoms with Gasteiger partial charge in [0.2, 0.25) is 0 Å². The van der Waals surface area contributed by atoms with Gasteiger partial charge in [0, 0.05) is 7.05 Å². The van der Waals surface area contributed by atoms with E-state index >= 15 is 0 Å². The smallest absolute Gasteiger partial charge is 0.132 e. The van der Waals surface area contributed by atoms with Gasteiger partial charge >= 0.3 is 0 Å². The zero-order valence-corrected chi connectivity index (χ0v) is 11.2. The topological polar surface area (TPSA) is 39.9 Å². The molecule has 0 fully saturated rings. The minimum Gasteiger partial charge on any atom is -0.487 e. The van der Waals surface area contributed by atoms with Crippen molar-refractivity contribution in [2.45, 2.75) is 33.3 Å². The molecule has 0 aliphatic rings. The first-order valence-electron chi connectivity index (χ1n) is 6.33. The Morgan fingerprint density at radius 2 is 1.83 bits per heavy atom. The van der Waals surface area contributed by atoms with Gasteiger partial charge in [0.05, 0.1) is 11.9 Å². The second-order valence-electron chi connectivity index (χ2n) is 4.25. The lowest BCUT2D eigenvalue weighted by atomic mass is 10.1. The van der Waals surface area contributed by atoms with Gasteiger partial charge in [-0.3, -0.25) is 0 Å². The molecule has 1 aromatic carbocycles. The second kappa shape index (κ2) is 5.67. The van der Waals surface area contributed by atoms with Crippen LogP contribution in [-0.4, -0.2) is 15.0 Å². The summed E-state index contributed by atoms with van der Waals surface area (Å²) >= 11 is 0. The molecule has 96 valence electrons. The monoisotopic (exact) mass is 245 g/mol. The lowest BCUT2D eigenvalue weighted by molar-refractivity contribution is 0.289. The fourth-order valence-corrected chi connectivity index (χ4v) is 1.97. The second-order valence-corrected chi connectivity index (χ2v) is 4.25. The van der Waals surface area contributed by atoms with E-state index in [4.69, 9.17) is 4.74 Å². The van der Waals surface area contributed by atoms with Crippen molar-refractivity contribution in [2.75, 3.05) is 0 Å². The minimum absolute atomic E-state index is 0.507. The van der Waals surface area contributed by atoms with Crippen LogP contribution in [0, 0.1) is 0 Å². The number of aryl methyl sites for hydroxylation is 3. The van der Waals surface area contributed by atoms with Crippen molar-refractivity contribution in [3.05, 3.63) is 41.2 Å². The highest BCUT2D eigenvalue weighted by Gasteiger charge is 2.09. The summed E-state index contributed by atoms with van der Waals surface area (Å²) in [5.74, 6) is 1.02. The van der Waals surface area contributed by atoms with Crippen molar-refractivity contribution >= 4 is 0 Å². The SMILES string of the molecule is CCc1cccc(CC)c1OCc1cnnn1C. The van der Waals surface area contributed by atoms with Crippen molar-refractivity contribution in [1.82, 2.24) is 15.0 Å². The van der Waals surface area contributed by atoms with Crippen molar-refractivity contribution in [3.8, 4) is 5.75 Å². The first-order valence-corrected chi connectivity index (χ1v) is 6.33. The summed E-state index contributed by atoms with van der Waals surface area (Å²) in [7, 11) is 1.87. The molecule has 4 heteroatoms. The largest absolute Gasteiger partial charge is 0.487 e. The van der Waals surface area contributed by atoms with Crippen LogP contribution in [0.2, 0.25) is 0 Å². The summed E-state index contributed by atoms with van der Waals surface area (Å²) < 4.78 is 7.71. The maximum Gasteiger partial charge on any atom is 0.132 e. The molecular weight excluding hydrogens is 226 g/mol. The summed E-state index contributed by atoms with van der Waals surface area (Å²) in [5, 5.41) is 7.75. The zero-order chi connectivity index (χ0) is 13.0. The molecule has 18 heavy (non-hydrogen) atoms. The molecule has 2 rings (SSSR count). The van der Waals surface area contributed by atoms with E-state index in [0.717, 1.165) is 24.3 Å². The Kier molecular flexibility index (Phi) is 3.97. The maximum absolute atomic E-state index is 5.97. The molecular formula is C14H19N3O. The van der Waals surface area contributed by atoms with E-state index < -0.39 is 0 Å². The molecule has 0 aliphatic heterocycles. The van der Waals surface area contributed by atoms with Crippen LogP contribution >= 0.6 is 0 Å². The van der Waals surface area contributed by atoms with E-state index in [1.807, 2.05) is 7.05 Å². The highest BCUT2D eigenvalue weighted by atomic mass is 16.5. The predicted molar refractivity (Wildman–Crippen MR) is 70.5 cm³/mol. The van der Waals surface area contributed by atoms with Crippen LogP contribution in [0.15, 0.2) is 24.4 Å². The number of para-hydroxylation sites is 1. The number of rotatable bonds is 5. The third kappa shape index (κ3) is 2.53. The molecule has 0 amide bonds. The molecule has 0 unspecified atom stereocenters. The van der Waals surface area contributed by atoms with Crippen LogP contribution in [0.25, 0.3) is 0 Å². The van der Waals surface area contributed by atoms with Crippen LogP contribution in [0.1, 0.15) is 30.7 Å². The maximum atomic E-state index is 5.97. The molecule has 0 saturated carbocycles. The first kappa shape index (κ1) is 12.6. The molecule has 4 nitrogen and oxygen atoms in total. The Morgan fingerprint density at radius 3 is 2.33 bits per heavy atom. The van der Waals surface area contributed by atoms with Gasteiger partial charge in [-0.25, -0.2) is 4.68 Å². The zero-order valence-electron chi connectivity index (χ0n) is 11.2. The van der Waals surface area contributed by atoms with Crippen molar-refractivity contribution in [1.29, 1.82) is 0 Å². The summed E-state index contributed by atoms with van der Waals surface area (Å²) in [6, 6.07) is 6.34. The van der Waals surface area contributed by atoms with Gasteiger partial charge in [-0.2, -0.15) is 0 Å². The number of hydrogen-bond acceptors (Lipinski definition) is 3. The van der Waals surface area contributed by atoms with Gasteiger partial charge in [-0.1, -0.05) is 37.3 Å². The van der Waals surface area contributed by atoms with Crippen LogP contribution in [0.3, 0.4) is 0 Å². The van der Waals surface area contributed by atoms with Gasteiger partial charge in [0.25, 0.3) is 0 Å². The number of nitrogens with zero attached hydrogens (tertiary/aromatic N) is 3. The third-order valence-electron chi connectivity index (χ3n) is 3.11. The molecule has 0 atom stereocenters. The van der Waals surface area contributed by atoms with Crippen molar-refractivity contribution < 1.29 is 4.74 Å². The minimum atomic E-state index is 0.507. The molecule has 0 bridgehead atoms. The summed E-state index contributed by atoms with van der Waals surface area (Å²) in [5.41, 5.74) is 3.48. The summed E-state index contributed by atoms with van der Waals surface area (Å²) in [4.78, 5) is 0. The molecule has 0 N–H and O–H groups in total. The number of aromatic nitrogens is 3. The van der Waals surface area contributed by atoms with Gasteiger partial charge in [0.15, 0.2) is 0 Å². The predicted octanol–water partition coefficient (Wildman–Crippen LogP) is 2.52. The fraction of sp³-hybridized carbons (Fsp3) is 0.429. The van der Waals surface area contributed by atoms with Crippen molar-refractivity contribution in [2.24, 2.45) is 7.05 Å². The Balaban J connectivity index is 2.20. The van der Waals surface area contributed by atoms with E-state index in [1.54, 1.807) is 10.9 Å². The van der Waals surface area contributed by atoms with E-state index in [-0.39, 0.29) is 0 Å². The molecule has 2 aromatic rings. The molecule has 0 spiro atoms. The fourth-order valence-electron chi connectivity index (χ4n) is 1.97. The average Bonchev–Trinajstić information content (AvgIpc) is 2.81. The molecule has 0 saturated heterocycles. The van der Waals surface area contributed by atoms with Crippen LogP contribution in [0.5, 0.6) is 5.75 Å². The summed E-state index contributed by atoms with van der Waals surface area (Å²) in [6.07, 6.45) is 3.69. The normalized spacial score (nSPS) is 10.6. The van der Waals surface area contributed by atoms with E-state index in [1.165, 1.54) is 11.1 Å². The highest BCUT2D eigenvalue weighted by Crippen LogP contribution is 2.26. The van der Waals surface area contributed by atoms with Crippen molar-refractivity contribution in [3.63, 3.8) is 0 Å². The highest BCUT2D eigenvalue weighted by molar-refractivity contribution is 5.41. The molecule has 1 heterocycles. The van der Waals surface area contributed by atoms with E-state index in [0.29, 0.717) is 6.61 Å². The van der Waals surface area contributed by atoms with Gasteiger partial charge in [-0.05, 0) is 24.0 Å². The Bertz CT molecular complexity index is 497.